The maximum absolute atomic E-state index is 13.4. The van der Waals surface area contributed by atoms with Gasteiger partial charge in [-0.2, -0.15) is 0 Å². The zero-order valence-electron chi connectivity index (χ0n) is 35.8. The van der Waals surface area contributed by atoms with Crippen LogP contribution in [0, 0.1) is 40.4 Å². The van der Waals surface area contributed by atoms with Crippen LogP contribution in [0.4, 0.5) is 0 Å². The van der Waals surface area contributed by atoms with Crippen molar-refractivity contribution in [3.05, 3.63) is 42.0 Å². The highest BCUT2D eigenvalue weighted by molar-refractivity contribution is 7.90. The summed E-state index contributed by atoms with van der Waals surface area (Å²) in [6, 6.07) is 6.51. The predicted octanol–water partition coefficient (Wildman–Crippen LogP) is 3.03. The fourth-order valence-electron chi connectivity index (χ4n) is 11.2. The molecule has 5 aliphatic rings. The molecule has 10 unspecified atom stereocenters. The standard InChI is InChI=1S/C42H59NO19S2/c1-22(2)17-34(47)56-37-36(58-64-62-60-52)35(57-63-61-59-51)30(21-53-33(46)12-11-32(45)43-16-14-24-5-8-26(44)9-6-24)55-40(37)54-27-18-28(39(49)50)29-13-15-42-19-25(23(3)38(42)48)7-10-31(42)41(29,4)20-27/h5-6,8-9,22,25,27-31,35-38,40,44,48,51-52H,3,7,10-21H2,1-2,4H3,(H,43,45)(H,49,50)/p-2/t25?,27?,28?,29?,30-,31?,35-,36?,37?,38+,40?,41?,42?/m1/s1. The third-order valence-corrected chi connectivity index (χ3v) is 14.7. The van der Waals surface area contributed by atoms with Gasteiger partial charge in [0.05, 0.1) is 24.5 Å². The lowest BCUT2D eigenvalue weighted by molar-refractivity contribution is -0.778. The summed E-state index contributed by atoms with van der Waals surface area (Å²) in [4.78, 5) is 52.1. The Kier molecular flexibility index (Phi) is 17.8. The van der Waals surface area contributed by atoms with E-state index in [1.807, 2.05) is 0 Å². The molecule has 1 aromatic rings. The van der Waals surface area contributed by atoms with Gasteiger partial charge in [-0.15, -0.1) is 8.67 Å². The molecule has 64 heavy (non-hydrogen) atoms. The van der Waals surface area contributed by atoms with Gasteiger partial charge in [-0.05, 0) is 104 Å². The highest BCUT2D eigenvalue weighted by atomic mass is 32.2. The number of ether oxygens (including phenoxy) is 4. The zero-order valence-corrected chi connectivity index (χ0v) is 37.5. The first-order valence-electron chi connectivity index (χ1n) is 21.5. The minimum absolute atomic E-state index is 0.0441. The smallest absolute Gasteiger partial charge is 0.306 e. The predicted molar refractivity (Wildman–Crippen MR) is 217 cm³/mol. The molecule has 22 heteroatoms. The number of phenolic OH excluding ortho intramolecular Hbond substituents is 1. The zero-order chi connectivity index (χ0) is 46.2. The van der Waals surface area contributed by atoms with Gasteiger partial charge < -0.3 is 50.1 Å². The molecule has 20 nitrogen and oxygen atoms in total. The number of carboxylic acid groups (broad SMARTS) is 1. The third-order valence-electron chi connectivity index (χ3n) is 13.9. The molecule has 0 aromatic heterocycles. The fourth-order valence-corrected chi connectivity index (χ4v) is 12.0. The highest BCUT2D eigenvalue weighted by Crippen LogP contribution is 2.70. The number of phenols is 1. The Bertz CT molecular complexity index is 1770. The number of benzene rings is 1. The molecule has 4 aliphatic carbocycles. The lowest BCUT2D eigenvalue weighted by Gasteiger charge is -2.62. The van der Waals surface area contributed by atoms with Crippen molar-refractivity contribution in [1.29, 1.82) is 0 Å². The van der Waals surface area contributed by atoms with E-state index in [1.54, 1.807) is 26.0 Å². The van der Waals surface area contributed by atoms with Crippen LogP contribution in [0.25, 0.3) is 0 Å². The number of rotatable bonds is 22. The number of carbonyl (C=O) groups is 4. The van der Waals surface area contributed by atoms with E-state index >= 15 is 0 Å². The van der Waals surface area contributed by atoms with Gasteiger partial charge in [-0.3, -0.25) is 37.6 Å². The first-order valence-corrected chi connectivity index (χ1v) is 22.8. The number of nitrogens with one attached hydrogen (secondary N) is 1. The summed E-state index contributed by atoms with van der Waals surface area (Å²) in [5.41, 5.74) is 0.648. The van der Waals surface area contributed by atoms with Gasteiger partial charge in [0.1, 0.15) is 30.7 Å². The van der Waals surface area contributed by atoms with Gasteiger partial charge in [0, 0.05) is 24.8 Å². The van der Waals surface area contributed by atoms with Crippen LogP contribution < -0.4 is 15.8 Å². The Morgan fingerprint density at radius 2 is 1.67 bits per heavy atom. The van der Waals surface area contributed by atoms with E-state index in [0.717, 1.165) is 30.4 Å². The Morgan fingerprint density at radius 3 is 2.34 bits per heavy atom. The monoisotopic (exact) mass is 943 g/mol. The molecule has 1 saturated heterocycles. The maximum atomic E-state index is 13.4. The van der Waals surface area contributed by atoms with Gasteiger partial charge in [0.15, 0.2) is 37.0 Å². The average Bonchev–Trinajstić information content (AvgIpc) is 3.42. The van der Waals surface area contributed by atoms with Crippen molar-refractivity contribution in [3.8, 4) is 5.75 Å². The van der Waals surface area contributed by atoms with Crippen molar-refractivity contribution in [2.45, 2.75) is 134 Å². The molecular weight excluding hydrogens is 887 g/mol. The third kappa shape index (κ3) is 11.7. The van der Waals surface area contributed by atoms with Crippen LogP contribution in [-0.4, -0.2) is 95.2 Å². The van der Waals surface area contributed by atoms with Gasteiger partial charge in [-0.25, -0.2) is 0 Å². The summed E-state index contributed by atoms with van der Waals surface area (Å²) >= 11 is 0.0886. The van der Waals surface area contributed by atoms with Crippen molar-refractivity contribution >= 4 is 48.5 Å². The molecule has 13 atom stereocenters. The van der Waals surface area contributed by atoms with E-state index < -0.39 is 90.1 Å². The molecule has 5 fully saturated rings. The van der Waals surface area contributed by atoms with Crippen LogP contribution in [0.3, 0.4) is 0 Å². The second-order valence-corrected chi connectivity index (χ2v) is 19.0. The normalized spacial score (nSPS) is 34.4. The maximum Gasteiger partial charge on any atom is 0.306 e. The van der Waals surface area contributed by atoms with Crippen LogP contribution in [0.5, 0.6) is 5.75 Å². The van der Waals surface area contributed by atoms with Crippen LogP contribution in [0.1, 0.15) is 90.5 Å². The van der Waals surface area contributed by atoms with Crippen molar-refractivity contribution in [2.75, 3.05) is 13.2 Å². The molecule has 4 N–H and O–H groups in total. The molecule has 1 amide bonds. The molecule has 4 saturated carbocycles. The molecule has 1 spiro atoms. The number of aliphatic carboxylic acids is 1. The van der Waals surface area contributed by atoms with Crippen molar-refractivity contribution in [1.82, 2.24) is 5.32 Å². The number of fused-ring (bicyclic) bond motifs is 3. The van der Waals surface area contributed by atoms with Crippen LogP contribution in [-0.2, 0) is 71.7 Å². The minimum Gasteiger partial charge on any atom is -0.691 e. The number of aliphatic hydroxyl groups is 1. The van der Waals surface area contributed by atoms with Crippen molar-refractivity contribution in [3.63, 3.8) is 0 Å². The Labute approximate surface area is 379 Å². The molecule has 0 radical (unpaired) electrons. The topological polar surface area (TPSA) is 279 Å². The molecular formula is C42H57NO19S2-2. The van der Waals surface area contributed by atoms with Crippen molar-refractivity contribution < 1.29 is 91.1 Å². The number of aliphatic hydroxyl groups excluding tert-OH is 1. The molecule has 1 heterocycles. The highest BCUT2D eigenvalue weighted by Gasteiger charge is 2.67. The first kappa shape index (κ1) is 50.3. The number of aromatic hydroxyl groups is 1. The second kappa shape index (κ2) is 22.6. The van der Waals surface area contributed by atoms with Crippen LogP contribution in [0.15, 0.2) is 36.4 Å². The van der Waals surface area contributed by atoms with Gasteiger partial charge >= 0.3 is 17.9 Å². The molecule has 2 bridgehead atoms. The minimum atomic E-state index is -1.55. The number of esters is 2. The number of carbonyl (C=O) groups excluding carboxylic acids is 3. The van der Waals surface area contributed by atoms with E-state index in [9.17, 15) is 45.0 Å². The summed E-state index contributed by atoms with van der Waals surface area (Å²) < 4.78 is 44.8. The molecule has 1 aromatic carbocycles. The van der Waals surface area contributed by atoms with Gasteiger partial charge in [0.25, 0.3) is 0 Å². The summed E-state index contributed by atoms with van der Waals surface area (Å²) in [5, 5.41) is 63.0. The van der Waals surface area contributed by atoms with E-state index in [4.69, 9.17) is 27.3 Å². The Morgan fingerprint density at radius 1 is 0.969 bits per heavy atom. The molecule has 6 rings (SSSR count). The van der Waals surface area contributed by atoms with Gasteiger partial charge in [-0.1, -0.05) is 39.5 Å². The van der Waals surface area contributed by atoms with E-state index in [2.05, 4.69) is 37.6 Å². The lowest BCUT2D eigenvalue weighted by atomic mass is 9.43. The summed E-state index contributed by atoms with van der Waals surface area (Å²) in [5.74, 6) is -3.90. The second-order valence-electron chi connectivity index (χ2n) is 18.1. The van der Waals surface area contributed by atoms with Crippen molar-refractivity contribution in [2.24, 2.45) is 40.4 Å². The summed E-state index contributed by atoms with van der Waals surface area (Å²) in [6.45, 7) is 9.58. The van der Waals surface area contributed by atoms with E-state index in [1.165, 1.54) is 12.1 Å². The number of hydrogen-bond donors (Lipinski definition) is 4. The number of hydrogen-bond acceptors (Lipinski definition) is 20. The molecule has 1 aliphatic heterocycles. The first-order chi connectivity index (χ1) is 30.6. The summed E-state index contributed by atoms with van der Waals surface area (Å²) in [7, 11) is 0. The summed E-state index contributed by atoms with van der Waals surface area (Å²) in [6.07, 6.45) is -5.04. The Hall–Kier alpha value is -3.10. The van der Waals surface area contributed by atoms with Crippen LogP contribution in [0.2, 0.25) is 0 Å². The number of carboxylic acids is 1. The SMILES string of the molecule is C=C1C2CCC3C4(C)CC(OC5O[C@H](COC(=O)CCC(=O)NCCc6ccc(O)cc6)[C@@H](OSOO[O-])C(OSOO[O-])C5OC(=O)CC(C)C)CC(C(=O)O)C4CCC3(C2)[C@H]1O. The lowest BCUT2D eigenvalue weighted by Crippen LogP contribution is -2.63. The van der Waals surface area contributed by atoms with Gasteiger partial charge in [0.2, 0.25) is 5.91 Å². The average molecular weight is 944 g/mol. The largest absolute Gasteiger partial charge is 0.691 e. The van der Waals surface area contributed by atoms with E-state index in [-0.39, 0.29) is 86.3 Å². The quantitative estimate of drug-likeness (QED) is 0.0247. The Balaban J connectivity index is 1.23. The number of amides is 1. The fraction of sp³-hybridized carbons (Fsp3) is 0.714. The van der Waals surface area contributed by atoms with Crippen LogP contribution >= 0.6 is 24.6 Å². The molecule has 358 valence electrons. The van der Waals surface area contributed by atoms with E-state index in [0.29, 0.717) is 25.7 Å².